The molecule has 4 aliphatic rings. The number of aromatic nitrogens is 1. The van der Waals surface area contributed by atoms with Crippen molar-refractivity contribution in [3.05, 3.63) is 48.2 Å². The number of aliphatic hydroxyl groups excluding tert-OH is 1. The molecule has 1 amide bonds. The molecular formula is C49H72N4O10. The molecule has 63 heavy (non-hydrogen) atoms. The molecule has 13 atom stereocenters. The minimum absolute atomic E-state index is 0.0640. The number of carbonyl (C=O) groups is 4. The van der Waals surface area contributed by atoms with Gasteiger partial charge in [-0.2, -0.15) is 0 Å². The average Bonchev–Trinajstić information content (AvgIpc) is 3.51. The molecule has 4 fully saturated rings. The molecule has 0 saturated carbocycles. The van der Waals surface area contributed by atoms with Crippen molar-refractivity contribution < 1.29 is 48.0 Å². The first-order valence-corrected chi connectivity index (χ1v) is 23.0. The van der Waals surface area contributed by atoms with Crippen LogP contribution in [0.1, 0.15) is 93.1 Å². The molecule has 0 aliphatic carbocycles. The third-order valence-electron chi connectivity index (χ3n) is 14.4. The molecule has 0 unspecified atom stereocenters. The van der Waals surface area contributed by atoms with Gasteiger partial charge in [0.25, 0.3) is 0 Å². The molecule has 1 N–H and O–H groups in total. The second-order valence-electron chi connectivity index (χ2n) is 19.6. The summed E-state index contributed by atoms with van der Waals surface area (Å²) >= 11 is 0. The number of aliphatic hydroxyl groups is 1. The lowest BCUT2D eigenvalue weighted by Crippen LogP contribution is -2.60. The number of nitrogens with zero attached hydrogens (tertiary/aromatic N) is 4. The van der Waals surface area contributed by atoms with Gasteiger partial charge in [0, 0.05) is 41.9 Å². The predicted octanol–water partition coefficient (Wildman–Crippen LogP) is 6.16. The number of piperidine rings is 1. The molecule has 5 heterocycles. The number of fused-ring (bicyclic) bond motifs is 2. The van der Waals surface area contributed by atoms with Crippen molar-refractivity contribution in [2.24, 2.45) is 29.6 Å². The van der Waals surface area contributed by atoms with Crippen molar-refractivity contribution in [3.8, 4) is 0 Å². The van der Waals surface area contributed by atoms with E-state index in [1.165, 1.54) is 6.92 Å². The first-order chi connectivity index (χ1) is 29.8. The summed E-state index contributed by atoms with van der Waals surface area (Å²) in [7, 11) is 5.85. The molecule has 2 aromatic rings. The summed E-state index contributed by atoms with van der Waals surface area (Å²) in [5.41, 5.74) is -1.01. The Morgan fingerprint density at radius 3 is 2.38 bits per heavy atom. The van der Waals surface area contributed by atoms with Gasteiger partial charge in [0.15, 0.2) is 17.7 Å². The van der Waals surface area contributed by atoms with Crippen LogP contribution in [0.3, 0.4) is 0 Å². The van der Waals surface area contributed by atoms with Crippen LogP contribution in [0.25, 0.3) is 17.0 Å². The summed E-state index contributed by atoms with van der Waals surface area (Å²) in [5.74, 6) is -4.84. The second kappa shape index (κ2) is 20.2. The molecule has 348 valence electrons. The van der Waals surface area contributed by atoms with E-state index in [-0.39, 0.29) is 43.3 Å². The van der Waals surface area contributed by atoms with E-state index in [0.29, 0.717) is 13.0 Å². The van der Waals surface area contributed by atoms with Crippen molar-refractivity contribution in [1.29, 1.82) is 0 Å². The maximum absolute atomic E-state index is 15.1. The van der Waals surface area contributed by atoms with Gasteiger partial charge in [0.1, 0.15) is 23.9 Å². The number of likely N-dealkylation sites (tertiary alicyclic amines) is 1. The van der Waals surface area contributed by atoms with Crippen LogP contribution in [-0.2, 0) is 38.1 Å². The van der Waals surface area contributed by atoms with Crippen molar-refractivity contribution in [1.82, 2.24) is 19.7 Å². The quantitative estimate of drug-likeness (QED) is 0.214. The van der Waals surface area contributed by atoms with Gasteiger partial charge in [0.05, 0.1) is 36.0 Å². The van der Waals surface area contributed by atoms with E-state index in [9.17, 15) is 19.5 Å². The zero-order valence-corrected chi connectivity index (χ0v) is 39.3. The largest absolute Gasteiger partial charge is 0.458 e. The molecule has 4 saturated heterocycles. The highest BCUT2D eigenvalue weighted by Crippen LogP contribution is 2.44. The van der Waals surface area contributed by atoms with Crippen LogP contribution >= 0.6 is 0 Å². The number of ether oxygens (including phenoxy) is 5. The maximum atomic E-state index is 15.1. The normalized spacial score (nSPS) is 37.0. The first kappa shape index (κ1) is 48.7. The van der Waals surface area contributed by atoms with Crippen LogP contribution in [0.4, 0.5) is 4.79 Å². The second-order valence-corrected chi connectivity index (χ2v) is 19.6. The van der Waals surface area contributed by atoms with Crippen molar-refractivity contribution >= 4 is 40.6 Å². The Morgan fingerprint density at radius 2 is 1.70 bits per heavy atom. The summed E-state index contributed by atoms with van der Waals surface area (Å²) in [4.78, 5) is 68.6. The number of benzene rings is 1. The zero-order chi connectivity index (χ0) is 46.0. The van der Waals surface area contributed by atoms with Gasteiger partial charge in [-0.3, -0.25) is 19.4 Å². The van der Waals surface area contributed by atoms with Crippen molar-refractivity contribution in [3.63, 3.8) is 0 Å². The van der Waals surface area contributed by atoms with Gasteiger partial charge in [-0.15, -0.1) is 0 Å². The number of esters is 1. The Balaban J connectivity index is 1.40. The van der Waals surface area contributed by atoms with Crippen LogP contribution in [0.15, 0.2) is 42.6 Å². The predicted molar refractivity (Wildman–Crippen MR) is 239 cm³/mol. The smallest absolute Gasteiger partial charge is 0.410 e. The van der Waals surface area contributed by atoms with E-state index < -0.39 is 83.4 Å². The fourth-order valence-electron chi connectivity index (χ4n) is 10.7. The minimum atomic E-state index is -1.39. The number of hydrogen-bond donors (Lipinski definition) is 1. The van der Waals surface area contributed by atoms with Gasteiger partial charge in [-0.1, -0.05) is 58.0 Å². The highest BCUT2D eigenvalue weighted by Gasteiger charge is 2.60. The summed E-state index contributed by atoms with van der Waals surface area (Å²) in [5, 5.41) is 12.7. The number of hydrogen-bond acceptors (Lipinski definition) is 13. The van der Waals surface area contributed by atoms with Gasteiger partial charge in [0.2, 0.25) is 0 Å². The lowest BCUT2D eigenvalue weighted by Gasteiger charge is -2.47. The van der Waals surface area contributed by atoms with Crippen LogP contribution in [0.5, 0.6) is 0 Å². The Hall–Kier alpha value is -3.79. The summed E-state index contributed by atoms with van der Waals surface area (Å²) in [6.07, 6.45) is 3.14. The Morgan fingerprint density at radius 1 is 1.00 bits per heavy atom. The van der Waals surface area contributed by atoms with Gasteiger partial charge in [-0.05, 0) is 118 Å². The van der Waals surface area contributed by atoms with E-state index in [2.05, 4.69) is 16.9 Å². The number of rotatable bonds is 10. The topological polar surface area (TPSA) is 157 Å². The zero-order valence-electron chi connectivity index (χ0n) is 39.3. The molecule has 0 bridgehead atoms. The number of ketones is 2. The highest BCUT2D eigenvalue weighted by atomic mass is 16.7. The first-order valence-electron chi connectivity index (χ1n) is 23.0. The average molecular weight is 877 g/mol. The van der Waals surface area contributed by atoms with Crippen molar-refractivity contribution in [2.75, 3.05) is 47.4 Å². The molecule has 1 aromatic carbocycles. The standard InChI is InChI=1S/C49H72N4O10/c1-12-39-49(8)43(53(47(58)63-49)28-34-19-21-52(11)22-20-34)31(4)40(54)29(2)26-48(7,59-23-15-16-35-25-36-17-13-14-18-37(36)50-27-35)44(32(5)41(55)33(6)45(57)61-39)62-46-42(56)38(51(9)10)24-30(3)60-46/h13-18,25,27,29-34,38-39,42-44,46,56H,12,19-24,26,28H2,1-11H3/b16-15+/t29-,30-,31+,32+,33-,38+,39-,42-,43-,44-,46+,48-,49-/m1/s1. The highest BCUT2D eigenvalue weighted by molar-refractivity contribution is 6.00. The van der Waals surface area contributed by atoms with E-state index in [1.54, 1.807) is 24.9 Å². The number of para-hydroxylation sites is 1. The number of pyridine rings is 1. The fourth-order valence-corrected chi connectivity index (χ4v) is 10.7. The third-order valence-corrected chi connectivity index (χ3v) is 14.4. The monoisotopic (exact) mass is 877 g/mol. The third kappa shape index (κ3) is 10.5. The lowest BCUT2D eigenvalue weighted by molar-refractivity contribution is -0.296. The van der Waals surface area contributed by atoms with Crippen LogP contribution < -0.4 is 0 Å². The summed E-state index contributed by atoms with van der Waals surface area (Å²) in [6.45, 7) is 16.5. The summed E-state index contributed by atoms with van der Waals surface area (Å²) in [6, 6.07) is 8.82. The SMILES string of the molecule is CC[C@H]1OC(=O)[C@H](C)C(=O)[C@H](C)[C@@H](O[C@@H]2O[C@H](C)C[C@H](N(C)C)[C@H]2O)[C@](C)(OC/C=C/c2cnc3ccccc3c2)C[C@@H](C)C(=O)[C@H](C)[C@H]2N(CC3CCN(C)CC3)C(=O)O[C@]12C. The number of cyclic esters (lactones) is 1. The molecule has 14 nitrogen and oxygen atoms in total. The van der Waals surface area contributed by atoms with Crippen LogP contribution in [-0.4, -0.2) is 150 Å². The van der Waals surface area contributed by atoms with Crippen molar-refractivity contribution in [2.45, 2.75) is 141 Å². The van der Waals surface area contributed by atoms with Gasteiger partial charge < -0.3 is 43.5 Å². The fraction of sp³-hybridized carbons (Fsp3) is 0.694. The molecular weight excluding hydrogens is 805 g/mol. The van der Waals surface area contributed by atoms with E-state index in [1.807, 2.05) is 96.1 Å². The van der Waals surface area contributed by atoms with Gasteiger partial charge in [-0.25, -0.2) is 4.79 Å². The Kier molecular flexibility index (Phi) is 15.6. The molecule has 14 heteroatoms. The van der Waals surface area contributed by atoms with Crippen LogP contribution in [0.2, 0.25) is 0 Å². The Labute approximate surface area is 374 Å². The molecule has 6 rings (SSSR count). The van der Waals surface area contributed by atoms with E-state index in [0.717, 1.165) is 42.4 Å². The number of likely N-dealkylation sites (N-methyl/N-ethyl adjacent to an activating group) is 1. The number of carbonyl (C=O) groups excluding carboxylic acids is 4. The maximum Gasteiger partial charge on any atom is 0.410 e. The molecule has 4 aliphatic heterocycles. The van der Waals surface area contributed by atoms with Gasteiger partial charge >= 0.3 is 12.1 Å². The van der Waals surface area contributed by atoms with Crippen LogP contribution in [0, 0.1) is 29.6 Å². The lowest BCUT2D eigenvalue weighted by atomic mass is 9.73. The molecule has 1 aromatic heterocycles. The number of Topliss-reactive ketones (excluding diaryl/α,β-unsaturated/α-hetero) is 2. The minimum Gasteiger partial charge on any atom is -0.458 e. The summed E-state index contributed by atoms with van der Waals surface area (Å²) < 4.78 is 32.5. The Bertz CT molecular complexity index is 1970. The molecule has 0 spiro atoms. The van der Waals surface area contributed by atoms with E-state index >= 15 is 4.79 Å². The molecule has 0 radical (unpaired) electrons. The van der Waals surface area contributed by atoms with E-state index in [4.69, 9.17) is 23.7 Å². The number of amides is 1.